The lowest BCUT2D eigenvalue weighted by Gasteiger charge is -2.40. The van der Waals surface area contributed by atoms with E-state index in [1.165, 1.54) is 30.0 Å². The molecule has 3 rings (SSSR count). The van der Waals surface area contributed by atoms with Gasteiger partial charge in [0.25, 0.3) is 5.91 Å². The van der Waals surface area contributed by atoms with E-state index in [1.807, 2.05) is 0 Å². The predicted molar refractivity (Wildman–Crippen MR) is 138 cm³/mol. The molecule has 11 nitrogen and oxygen atoms in total. The number of amides is 4. The van der Waals surface area contributed by atoms with Crippen molar-refractivity contribution in [3.05, 3.63) is 28.8 Å². The predicted octanol–water partition coefficient (Wildman–Crippen LogP) is 1.98. The van der Waals surface area contributed by atoms with E-state index in [0.29, 0.717) is 24.8 Å². The molecule has 5 atom stereocenters. The third-order valence-corrected chi connectivity index (χ3v) is 7.24. The zero-order valence-electron chi connectivity index (χ0n) is 21.7. The molecule has 2 bridgehead atoms. The van der Waals surface area contributed by atoms with Crippen LogP contribution < -0.4 is 16.0 Å². The van der Waals surface area contributed by atoms with Crippen LogP contribution >= 0.6 is 11.6 Å². The first-order chi connectivity index (χ1) is 17.7. The number of carbonyl (C=O) groups excluding carboxylic acids is 5. The van der Waals surface area contributed by atoms with Crippen molar-refractivity contribution < 1.29 is 33.9 Å². The van der Waals surface area contributed by atoms with E-state index in [4.69, 9.17) is 16.7 Å². The minimum absolute atomic E-state index is 0.127. The number of aliphatic carboxylic acids is 1. The van der Waals surface area contributed by atoms with Crippen molar-refractivity contribution in [2.75, 3.05) is 5.32 Å². The third kappa shape index (κ3) is 6.50. The average Bonchev–Trinajstić information content (AvgIpc) is 3.43. The largest absolute Gasteiger partial charge is 0.481 e. The fourth-order valence-corrected chi connectivity index (χ4v) is 5.42. The van der Waals surface area contributed by atoms with Crippen molar-refractivity contribution in [1.82, 2.24) is 15.5 Å². The first-order valence-electron chi connectivity index (χ1n) is 12.4. The molecular weight excluding hydrogens is 516 g/mol. The van der Waals surface area contributed by atoms with Gasteiger partial charge in [0.05, 0.1) is 23.2 Å². The van der Waals surface area contributed by atoms with E-state index in [2.05, 4.69) is 16.0 Å². The van der Waals surface area contributed by atoms with Gasteiger partial charge in [-0.2, -0.15) is 0 Å². The lowest BCUT2D eigenvalue weighted by molar-refractivity contribution is -0.147. The summed E-state index contributed by atoms with van der Waals surface area (Å²) in [5.41, 5.74) is -0.201. The summed E-state index contributed by atoms with van der Waals surface area (Å²) in [5.74, 6) is -3.24. The highest BCUT2D eigenvalue weighted by Crippen LogP contribution is 2.43. The van der Waals surface area contributed by atoms with Crippen molar-refractivity contribution in [1.29, 1.82) is 0 Å². The van der Waals surface area contributed by atoms with Crippen LogP contribution in [0.25, 0.3) is 0 Å². The molecule has 2 fully saturated rings. The van der Waals surface area contributed by atoms with Gasteiger partial charge >= 0.3 is 5.97 Å². The van der Waals surface area contributed by atoms with Crippen LogP contribution in [0, 0.1) is 11.3 Å². The average molecular weight is 549 g/mol. The molecule has 1 saturated carbocycles. The number of piperidine rings is 1. The lowest BCUT2D eigenvalue weighted by Crippen LogP contribution is -2.61. The number of nitrogens with zero attached hydrogens (tertiary/aromatic N) is 1. The van der Waals surface area contributed by atoms with E-state index in [1.54, 1.807) is 20.8 Å². The highest BCUT2D eigenvalue weighted by atomic mass is 35.5. The summed E-state index contributed by atoms with van der Waals surface area (Å²) in [6.45, 7) is 6.71. The van der Waals surface area contributed by atoms with E-state index < -0.39 is 53.7 Å². The number of carboxylic acids is 1. The van der Waals surface area contributed by atoms with Crippen LogP contribution in [0.1, 0.15) is 63.7 Å². The van der Waals surface area contributed by atoms with Gasteiger partial charge in [-0.05, 0) is 48.8 Å². The van der Waals surface area contributed by atoms with Gasteiger partial charge in [-0.15, -0.1) is 0 Å². The Hall–Kier alpha value is -3.47. The van der Waals surface area contributed by atoms with Gasteiger partial charge < -0.3 is 30.8 Å². The van der Waals surface area contributed by atoms with Crippen LogP contribution in [-0.4, -0.2) is 70.1 Å². The first-order valence-corrected chi connectivity index (χ1v) is 12.8. The van der Waals surface area contributed by atoms with Crippen molar-refractivity contribution in [3.63, 3.8) is 0 Å². The zero-order valence-corrected chi connectivity index (χ0v) is 22.5. The molecule has 12 heteroatoms. The van der Waals surface area contributed by atoms with Gasteiger partial charge in [-0.25, -0.2) is 0 Å². The number of carbonyl (C=O) groups is 6. The Morgan fingerprint density at radius 2 is 1.84 bits per heavy atom. The summed E-state index contributed by atoms with van der Waals surface area (Å²) >= 11 is 6.22. The number of hydrogen-bond donors (Lipinski definition) is 4. The number of carboxylic acid groups (broad SMARTS) is 1. The number of hydrogen-bond acceptors (Lipinski definition) is 6. The number of nitrogens with one attached hydrogen (secondary N) is 3. The summed E-state index contributed by atoms with van der Waals surface area (Å²) in [6.07, 6.45) is 1.85. The number of anilines is 1. The van der Waals surface area contributed by atoms with E-state index in [-0.39, 0.29) is 28.5 Å². The first kappa shape index (κ1) is 29.1. The van der Waals surface area contributed by atoms with Crippen LogP contribution in [0.3, 0.4) is 0 Å². The van der Waals surface area contributed by atoms with Crippen molar-refractivity contribution in [2.24, 2.45) is 11.3 Å². The maximum atomic E-state index is 13.9. The van der Waals surface area contributed by atoms with E-state index >= 15 is 0 Å². The summed E-state index contributed by atoms with van der Waals surface area (Å²) in [4.78, 5) is 75.5. The Kier molecular flexibility index (Phi) is 8.81. The Labute approximate surface area is 225 Å². The molecule has 1 aliphatic heterocycles. The number of benzene rings is 1. The van der Waals surface area contributed by atoms with Gasteiger partial charge in [0.15, 0.2) is 0 Å². The molecule has 0 spiro atoms. The SMILES string of the molecule is CC(=O)Nc1ccc(C(=O)N[C@H](C(=O)N2C3CC[C@@H](C3)[C@H]2C(=O)N[C@H](C=O)CC(=O)O)C(C)(C)C)cc1Cl. The molecule has 0 aromatic heterocycles. The summed E-state index contributed by atoms with van der Waals surface area (Å²) in [6, 6.07) is 1.08. The minimum atomic E-state index is -1.23. The standard InChI is InChI=1S/C26H33ClN4O7/c1-13(33)28-19-8-6-15(10-18(19)27)23(36)30-22(26(2,3)4)25(38)31-17-7-5-14(9-17)21(31)24(37)29-16(12-32)11-20(34)35/h6,8,10,12,14,16-17,21-22H,5,7,9,11H2,1-4H3,(H,28,33)(H,29,37)(H,30,36)(H,34,35)/t14-,16-,17?,21-,22+/m0/s1. The fraction of sp³-hybridized carbons (Fsp3) is 0.538. The molecule has 1 saturated heterocycles. The maximum Gasteiger partial charge on any atom is 0.305 e. The number of likely N-dealkylation sites (tertiary alicyclic amines) is 1. The smallest absolute Gasteiger partial charge is 0.305 e. The molecule has 4 N–H and O–H groups in total. The molecule has 1 heterocycles. The summed E-state index contributed by atoms with van der Waals surface area (Å²) in [7, 11) is 0. The maximum absolute atomic E-state index is 13.9. The number of fused-ring (bicyclic) bond motifs is 2. The van der Waals surface area contributed by atoms with E-state index in [0.717, 1.165) is 6.42 Å². The minimum Gasteiger partial charge on any atom is -0.481 e. The quantitative estimate of drug-likeness (QED) is 0.343. The molecule has 4 amide bonds. The molecule has 1 aliphatic carbocycles. The topological polar surface area (TPSA) is 162 Å². The second-order valence-electron chi connectivity index (χ2n) is 10.9. The molecular formula is C26H33ClN4O7. The van der Waals surface area contributed by atoms with Gasteiger partial charge in [0, 0.05) is 18.5 Å². The Morgan fingerprint density at radius 1 is 1.16 bits per heavy atom. The van der Waals surface area contributed by atoms with Crippen molar-refractivity contribution >= 4 is 53.2 Å². The zero-order chi connectivity index (χ0) is 28.4. The van der Waals surface area contributed by atoms with Gasteiger partial charge in [0.2, 0.25) is 17.7 Å². The van der Waals surface area contributed by atoms with Crippen LogP contribution in [0.4, 0.5) is 5.69 Å². The molecule has 2 aliphatic rings. The summed E-state index contributed by atoms with van der Waals surface area (Å²) in [5, 5.41) is 17.0. The molecule has 0 radical (unpaired) electrons. The second-order valence-corrected chi connectivity index (χ2v) is 11.3. The van der Waals surface area contributed by atoms with Gasteiger partial charge in [-0.3, -0.25) is 24.0 Å². The summed E-state index contributed by atoms with van der Waals surface area (Å²) < 4.78 is 0. The molecule has 38 heavy (non-hydrogen) atoms. The molecule has 206 valence electrons. The number of halogens is 1. The Bertz CT molecular complexity index is 1150. The lowest BCUT2D eigenvalue weighted by atomic mass is 9.84. The molecule has 1 unspecified atom stereocenters. The van der Waals surface area contributed by atoms with Gasteiger partial charge in [0.1, 0.15) is 18.4 Å². The molecule has 1 aromatic carbocycles. The number of rotatable bonds is 9. The Balaban J connectivity index is 1.83. The van der Waals surface area contributed by atoms with Crippen LogP contribution in [0.15, 0.2) is 18.2 Å². The van der Waals surface area contributed by atoms with Crippen LogP contribution in [0.5, 0.6) is 0 Å². The van der Waals surface area contributed by atoms with Gasteiger partial charge in [-0.1, -0.05) is 32.4 Å². The monoisotopic (exact) mass is 548 g/mol. The van der Waals surface area contributed by atoms with Crippen molar-refractivity contribution in [2.45, 2.75) is 77.5 Å². The highest BCUT2D eigenvalue weighted by Gasteiger charge is 2.53. The van der Waals surface area contributed by atoms with Crippen LogP contribution in [0.2, 0.25) is 5.02 Å². The highest BCUT2D eigenvalue weighted by molar-refractivity contribution is 6.34. The second kappa shape index (κ2) is 11.5. The normalized spacial score (nSPS) is 21.8. The van der Waals surface area contributed by atoms with Crippen molar-refractivity contribution in [3.8, 4) is 0 Å². The fourth-order valence-electron chi connectivity index (χ4n) is 5.19. The van der Waals surface area contributed by atoms with E-state index in [9.17, 15) is 28.8 Å². The molecule has 1 aromatic rings. The Morgan fingerprint density at radius 3 is 2.39 bits per heavy atom. The van der Waals surface area contributed by atoms with Crippen LogP contribution in [-0.2, 0) is 24.0 Å². The number of aldehydes is 1. The third-order valence-electron chi connectivity index (χ3n) is 6.93.